The zero-order chi connectivity index (χ0) is 7.21. The van der Waals surface area contributed by atoms with Crippen molar-refractivity contribution in [1.82, 2.24) is 0 Å². The SMILES string of the molecule is C[Si](C)(Cl)Cl.Cl[SiH2]Cl. The van der Waals surface area contributed by atoms with Crippen molar-refractivity contribution in [2.75, 3.05) is 0 Å². The first-order valence-electron chi connectivity index (χ1n) is 1.91. The largest absolute Gasteiger partial charge is 0.245 e. The lowest BCUT2D eigenvalue weighted by Crippen LogP contribution is -2.02. The molecule has 0 unspecified atom stereocenters. The predicted molar refractivity (Wildman–Crippen MR) is 49.4 cm³/mol. The van der Waals surface area contributed by atoms with Crippen LogP contribution in [0.1, 0.15) is 0 Å². The Kier molecular flexibility index (Phi) is 10.3. The second kappa shape index (κ2) is 6.71. The van der Waals surface area contributed by atoms with Crippen molar-refractivity contribution in [2.24, 2.45) is 0 Å². The molecule has 0 rings (SSSR count). The molecule has 0 nitrogen and oxygen atoms in total. The summed E-state index contributed by atoms with van der Waals surface area (Å²) in [5, 5.41) is 0. The average molecular weight is 230 g/mol. The summed E-state index contributed by atoms with van der Waals surface area (Å²) < 4.78 is 0. The minimum absolute atomic E-state index is 0.639. The zero-order valence-electron chi connectivity index (χ0n) is 4.72. The van der Waals surface area contributed by atoms with Crippen molar-refractivity contribution in [2.45, 2.75) is 13.1 Å². The van der Waals surface area contributed by atoms with Gasteiger partial charge in [-0.2, -0.15) is 22.2 Å². The van der Waals surface area contributed by atoms with E-state index in [4.69, 9.17) is 44.3 Å². The van der Waals surface area contributed by atoms with Crippen molar-refractivity contribution in [1.29, 1.82) is 0 Å². The van der Waals surface area contributed by atoms with Gasteiger partial charge in [0.25, 0.3) is 0 Å². The summed E-state index contributed by atoms with van der Waals surface area (Å²) in [6.07, 6.45) is 0. The molecule has 0 bridgehead atoms. The topological polar surface area (TPSA) is 0 Å². The molecule has 0 atom stereocenters. The van der Waals surface area contributed by atoms with Gasteiger partial charge in [0.1, 0.15) is 0 Å². The predicted octanol–water partition coefficient (Wildman–Crippen LogP) is 2.63. The Morgan fingerprint density at radius 3 is 1.12 bits per heavy atom. The van der Waals surface area contributed by atoms with Gasteiger partial charge in [-0.1, -0.05) is 0 Å². The van der Waals surface area contributed by atoms with Gasteiger partial charge in [0.2, 0.25) is 14.8 Å². The maximum atomic E-state index is 5.43. The number of rotatable bonds is 0. The Morgan fingerprint density at radius 1 is 1.12 bits per heavy atom. The molecule has 0 aromatic carbocycles. The average Bonchev–Trinajstić information content (AvgIpc) is 1.27. The first-order chi connectivity index (χ1) is 3.41. The van der Waals surface area contributed by atoms with Gasteiger partial charge in [0, 0.05) is 0 Å². The second-order valence-electron chi connectivity index (χ2n) is 1.43. The summed E-state index contributed by atoms with van der Waals surface area (Å²) in [5.41, 5.74) is 0. The van der Waals surface area contributed by atoms with Crippen LogP contribution in [-0.4, -0.2) is 14.8 Å². The Bertz CT molecular complexity index is 35.8. The molecule has 0 aliphatic heterocycles. The van der Waals surface area contributed by atoms with Gasteiger partial charge >= 0.3 is 0 Å². The van der Waals surface area contributed by atoms with E-state index in [1.54, 1.807) is 0 Å². The molecule has 0 saturated carbocycles. The van der Waals surface area contributed by atoms with E-state index in [9.17, 15) is 0 Å². The van der Waals surface area contributed by atoms with Crippen LogP contribution in [0.15, 0.2) is 0 Å². The van der Waals surface area contributed by atoms with Crippen LogP contribution in [-0.2, 0) is 0 Å². The van der Waals surface area contributed by atoms with Crippen LogP contribution < -0.4 is 0 Å². The van der Waals surface area contributed by atoms with E-state index in [1.165, 1.54) is 0 Å². The van der Waals surface area contributed by atoms with E-state index < -0.39 is 14.8 Å². The van der Waals surface area contributed by atoms with E-state index in [0.29, 0.717) is 0 Å². The van der Waals surface area contributed by atoms with Crippen molar-refractivity contribution >= 4 is 59.1 Å². The van der Waals surface area contributed by atoms with E-state index in [1.807, 2.05) is 13.1 Å². The number of hydrogen-bond acceptors (Lipinski definition) is 0. The summed E-state index contributed by atoms with van der Waals surface area (Å²) >= 11 is 20.7. The molecule has 0 amide bonds. The summed E-state index contributed by atoms with van der Waals surface area (Å²) in [6.45, 7) is 2.05. The van der Waals surface area contributed by atoms with Crippen molar-refractivity contribution in [3.63, 3.8) is 0 Å². The van der Waals surface area contributed by atoms with E-state index in [2.05, 4.69) is 0 Å². The van der Waals surface area contributed by atoms with Crippen LogP contribution in [0.2, 0.25) is 13.1 Å². The molecular weight excluding hydrogens is 222 g/mol. The van der Waals surface area contributed by atoms with Gasteiger partial charge < -0.3 is 0 Å². The number of hydrogen-bond donors (Lipinski definition) is 0. The van der Waals surface area contributed by atoms with Gasteiger partial charge in [0.15, 0.2) is 0 Å². The van der Waals surface area contributed by atoms with E-state index >= 15 is 0 Å². The third-order valence-electron chi connectivity index (χ3n) is 0. The van der Waals surface area contributed by atoms with Crippen LogP contribution in [0, 0.1) is 0 Å². The highest BCUT2D eigenvalue weighted by Crippen LogP contribution is 2.10. The lowest BCUT2D eigenvalue weighted by atomic mass is 11.9. The van der Waals surface area contributed by atoms with E-state index in [0.717, 1.165) is 0 Å². The Hall–Kier alpha value is 1.59. The highest BCUT2D eigenvalue weighted by Gasteiger charge is 2.08. The molecule has 52 valence electrons. The highest BCUT2D eigenvalue weighted by molar-refractivity contribution is 7.44. The molecule has 0 saturated heterocycles. The molecule has 0 aliphatic carbocycles. The molecule has 0 N–H and O–H groups in total. The second-order valence-corrected chi connectivity index (χ2v) is 13.0. The normalized spacial score (nSPS) is 9.75. The van der Waals surface area contributed by atoms with Gasteiger partial charge in [-0.3, -0.25) is 0 Å². The fourth-order valence-electron chi connectivity index (χ4n) is 0. The third-order valence-corrected chi connectivity index (χ3v) is 0. The van der Waals surface area contributed by atoms with Crippen LogP contribution >= 0.6 is 44.3 Å². The monoisotopic (exact) mass is 228 g/mol. The molecule has 0 aliphatic rings. The molecule has 0 aromatic heterocycles. The fourth-order valence-corrected chi connectivity index (χ4v) is 0. The maximum Gasteiger partial charge on any atom is 0.245 e. The fraction of sp³-hybridized carbons (Fsp3) is 1.00. The summed E-state index contributed by atoms with van der Waals surface area (Å²) in [4.78, 5) is 0. The van der Waals surface area contributed by atoms with Crippen LogP contribution in [0.5, 0.6) is 0 Å². The van der Waals surface area contributed by atoms with Gasteiger partial charge in [-0.05, 0) is 13.1 Å². The molecule has 0 aromatic rings. The minimum Gasteiger partial charge on any atom is -0.155 e. The first kappa shape index (κ1) is 12.3. The lowest BCUT2D eigenvalue weighted by molar-refractivity contribution is 2.06. The van der Waals surface area contributed by atoms with Crippen molar-refractivity contribution in [3.05, 3.63) is 0 Å². The summed E-state index contributed by atoms with van der Waals surface area (Å²) in [7, 11) is -0.639. The molecule has 0 spiro atoms. The van der Waals surface area contributed by atoms with Crippen LogP contribution in [0.25, 0.3) is 0 Å². The Balaban J connectivity index is 0. The smallest absolute Gasteiger partial charge is 0.155 e. The van der Waals surface area contributed by atoms with Crippen molar-refractivity contribution < 1.29 is 0 Å². The van der Waals surface area contributed by atoms with Crippen molar-refractivity contribution in [3.8, 4) is 0 Å². The van der Waals surface area contributed by atoms with Gasteiger partial charge in [0.05, 0.1) is 0 Å². The number of halogens is 4. The molecule has 0 heterocycles. The molecule has 8 heavy (non-hydrogen) atoms. The van der Waals surface area contributed by atoms with Crippen LogP contribution in [0.4, 0.5) is 0 Å². The van der Waals surface area contributed by atoms with Gasteiger partial charge in [-0.15, -0.1) is 22.2 Å². The third kappa shape index (κ3) is 130. The quantitative estimate of drug-likeness (QED) is 0.443. The Morgan fingerprint density at radius 2 is 1.12 bits per heavy atom. The van der Waals surface area contributed by atoms with Gasteiger partial charge in [-0.25, -0.2) is 0 Å². The highest BCUT2D eigenvalue weighted by atomic mass is 35.7. The maximum absolute atomic E-state index is 5.43. The minimum atomic E-state index is -1.67. The molecule has 0 fully saturated rings. The standard InChI is InChI=1S/C2H6Cl2Si.Cl2H2Si/c1-5(2,3)4;1-3-2/h1-2H3;3H2. The Labute approximate surface area is 72.1 Å². The molecule has 0 radical (unpaired) electrons. The lowest BCUT2D eigenvalue weighted by Gasteiger charge is -1.93. The molecule has 6 heteroatoms. The van der Waals surface area contributed by atoms with E-state index in [-0.39, 0.29) is 0 Å². The molecular formula is C2H8Cl4Si2. The van der Waals surface area contributed by atoms with Crippen LogP contribution in [0.3, 0.4) is 0 Å². The summed E-state index contributed by atoms with van der Waals surface area (Å²) in [5.74, 6) is 0. The summed E-state index contributed by atoms with van der Waals surface area (Å²) in [6, 6.07) is 0. The first-order valence-corrected chi connectivity index (χ1v) is 11.2. The zero-order valence-corrected chi connectivity index (χ0v) is 10.2.